The standard InChI is InChI=1S/C18H30ClN5O2S/c1-4-20-18(21-11-14(25)15-5-6-16(19)27-15)24-9-7-23(8-10-24)12-17(26)22-13(2)3/h5-6,13-14,25H,4,7-12H2,1-3H3,(H,20,21)(H,22,26). The second-order valence-electron chi connectivity index (χ2n) is 6.84. The number of rotatable bonds is 7. The third-order valence-corrected chi connectivity index (χ3v) is 5.49. The fourth-order valence-corrected chi connectivity index (χ4v) is 3.92. The summed E-state index contributed by atoms with van der Waals surface area (Å²) in [6.45, 7) is 10.6. The first-order valence-electron chi connectivity index (χ1n) is 9.37. The summed E-state index contributed by atoms with van der Waals surface area (Å²) in [6.07, 6.45) is -0.655. The van der Waals surface area contributed by atoms with Crippen LogP contribution in [0, 0.1) is 0 Å². The molecule has 7 nitrogen and oxygen atoms in total. The van der Waals surface area contributed by atoms with Gasteiger partial charge in [0.25, 0.3) is 0 Å². The lowest BCUT2D eigenvalue weighted by atomic mass is 10.3. The normalized spacial score (nSPS) is 17.3. The van der Waals surface area contributed by atoms with Crippen molar-refractivity contribution >= 4 is 34.8 Å². The minimum Gasteiger partial charge on any atom is -0.386 e. The first kappa shape index (κ1) is 21.9. The topological polar surface area (TPSA) is 80.2 Å². The van der Waals surface area contributed by atoms with Crippen molar-refractivity contribution in [3.8, 4) is 0 Å². The maximum Gasteiger partial charge on any atom is 0.234 e. The maximum atomic E-state index is 11.9. The smallest absolute Gasteiger partial charge is 0.234 e. The van der Waals surface area contributed by atoms with Crippen LogP contribution >= 0.6 is 22.9 Å². The maximum absolute atomic E-state index is 11.9. The van der Waals surface area contributed by atoms with Gasteiger partial charge in [-0.3, -0.25) is 14.7 Å². The molecule has 2 heterocycles. The lowest BCUT2D eigenvalue weighted by Gasteiger charge is -2.36. The molecule has 27 heavy (non-hydrogen) atoms. The number of nitrogens with one attached hydrogen (secondary N) is 2. The molecule has 1 unspecified atom stereocenters. The molecule has 0 radical (unpaired) electrons. The summed E-state index contributed by atoms with van der Waals surface area (Å²) >= 11 is 7.31. The number of piperazine rings is 1. The number of carbonyl (C=O) groups excluding carboxylic acids is 1. The van der Waals surface area contributed by atoms with E-state index in [2.05, 4.69) is 25.4 Å². The minimum atomic E-state index is -0.655. The number of guanidine groups is 1. The highest BCUT2D eigenvalue weighted by Crippen LogP contribution is 2.27. The van der Waals surface area contributed by atoms with Gasteiger partial charge < -0.3 is 20.6 Å². The molecule has 1 atom stereocenters. The minimum absolute atomic E-state index is 0.0664. The summed E-state index contributed by atoms with van der Waals surface area (Å²) in [5.74, 6) is 0.863. The molecule has 1 amide bonds. The van der Waals surface area contributed by atoms with E-state index in [0.717, 1.165) is 43.6 Å². The monoisotopic (exact) mass is 415 g/mol. The van der Waals surface area contributed by atoms with Gasteiger partial charge in [-0.05, 0) is 32.9 Å². The van der Waals surface area contributed by atoms with Gasteiger partial charge in [-0.25, -0.2) is 0 Å². The van der Waals surface area contributed by atoms with Gasteiger partial charge in [0, 0.05) is 43.6 Å². The van der Waals surface area contributed by atoms with E-state index in [1.807, 2.05) is 26.8 Å². The van der Waals surface area contributed by atoms with Gasteiger partial charge in [0.1, 0.15) is 6.10 Å². The van der Waals surface area contributed by atoms with E-state index in [4.69, 9.17) is 11.6 Å². The third kappa shape index (κ3) is 7.29. The van der Waals surface area contributed by atoms with Crippen LogP contribution in [0.15, 0.2) is 17.1 Å². The van der Waals surface area contributed by atoms with Crippen LogP contribution in [0.5, 0.6) is 0 Å². The van der Waals surface area contributed by atoms with Crippen LogP contribution in [-0.4, -0.2) is 78.6 Å². The molecular formula is C18H30ClN5O2S. The number of nitrogens with zero attached hydrogens (tertiary/aromatic N) is 3. The molecule has 1 fully saturated rings. The van der Waals surface area contributed by atoms with Crippen molar-refractivity contribution in [3.63, 3.8) is 0 Å². The highest BCUT2D eigenvalue weighted by Gasteiger charge is 2.21. The molecule has 3 N–H and O–H groups in total. The van der Waals surface area contributed by atoms with E-state index >= 15 is 0 Å². The average Bonchev–Trinajstić information content (AvgIpc) is 3.05. The Balaban J connectivity index is 1.87. The number of amides is 1. The first-order valence-corrected chi connectivity index (χ1v) is 10.6. The van der Waals surface area contributed by atoms with Crippen LogP contribution in [0.3, 0.4) is 0 Å². The van der Waals surface area contributed by atoms with Gasteiger partial charge in [-0.2, -0.15) is 0 Å². The zero-order chi connectivity index (χ0) is 19.8. The van der Waals surface area contributed by atoms with Crippen LogP contribution in [0.2, 0.25) is 4.34 Å². The molecule has 0 bridgehead atoms. The number of aliphatic imine (C=N–C) groups is 1. The van der Waals surface area contributed by atoms with Crippen molar-refractivity contribution in [2.75, 3.05) is 45.8 Å². The second-order valence-corrected chi connectivity index (χ2v) is 8.58. The largest absolute Gasteiger partial charge is 0.386 e. The second kappa shape index (κ2) is 10.8. The van der Waals surface area contributed by atoms with Gasteiger partial charge in [0.05, 0.1) is 17.4 Å². The SMILES string of the molecule is CCNC(=NCC(O)c1ccc(Cl)s1)N1CCN(CC(=O)NC(C)C)CC1. The van der Waals surface area contributed by atoms with Crippen LogP contribution in [-0.2, 0) is 4.79 Å². The molecule has 1 saturated heterocycles. The third-order valence-electron chi connectivity index (χ3n) is 4.16. The fourth-order valence-electron chi connectivity index (χ4n) is 2.88. The summed E-state index contributed by atoms with van der Waals surface area (Å²) in [6, 6.07) is 3.78. The van der Waals surface area contributed by atoms with Gasteiger partial charge in [0.15, 0.2) is 5.96 Å². The number of hydrogen-bond acceptors (Lipinski definition) is 5. The Labute approximate surface area is 170 Å². The fraction of sp³-hybridized carbons (Fsp3) is 0.667. The van der Waals surface area contributed by atoms with Crippen molar-refractivity contribution < 1.29 is 9.90 Å². The predicted molar refractivity (Wildman–Crippen MR) is 112 cm³/mol. The Morgan fingerprint density at radius 1 is 1.33 bits per heavy atom. The molecule has 0 spiro atoms. The van der Waals surface area contributed by atoms with Crippen molar-refractivity contribution in [2.45, 2.75) is 32.9 Å². The molecule has 0 aromatic carbocycles. The number of hydrogen-bond donors (Lipinski definition) is 3. The zero-order valence-corrected chi connectivity index (χ0v) is 17.8. The van der Waals surface area contributed by atoms with Crippen LogP contribution in [0.25, 0.3) is 0 Å². The molecule has 1 aliphatic heterocycles. The van der Waals surface area contributed by atoms with E-state index in [0.29, 0.717) is 10.9 Å². The molecule has 9 heteroatoms. The van der Waals surface area contributed by atoms with E-state index in [-0.39, 0.29) is 18.5 Å². The molecule has 1 aliphatic rings. The van der Waals surface area contributed by atoms with E-state index in [1.54, 1.807) is 6.07 Å². The van der Waals surface area contributed by atoms with Crippen LogP contribution in [0.1, 0.15) is 31.8 Å². The zero-order valence-electron chi connectivity index (χ0n) is 16.2. The number of aliphatic hydroxyl groups is 1. The summed E-state index contributed by atoms with van der Waals surface area (Å²) in [5, 5.41) is 16.5. The van der Waals surface area contributed by atoms with Gasteiger partial charge in [-0.1, -0.05) is 11.6 Å². The molecule has 1 aromatic rings. The molecule has 152 valence electrons. The van der Waals surface area contributed by atoms with Crippen LogP contribution in [0.4, 0.5) is 0 Å². The van der Waals surface area contributed by atoms with Crippen molar-refractivity contribution in [2.24, 2.45) is 4.99 Å². The summed E-state index contributed by atoms with van der Waals surface area (Å²) < 4.78 is 0.664. The van der Waals surface area contributed by atoms with Gasteiger partial charge in [0.2, 0.25) is 5.91 Å². The van der Waals surface area contributed by atoms with Gasteiger partial charge in [-0.15, -0.1) is 11.3 Å². The quantitative estimate of drug-likeness (QED) is 0.465. The molecule has 2 rings (SSSR count). The van der Waals surface area contributed by atoms with Crippen molar-refractivity contribution in [1.29, 1.82) is 0 Å². The highest BCUT2D eigenvalue weighted by atomic mass is 35.5. The Morgan fingerprint density at radius 3 is 2.59 bits per heavy atom. The molecule has 0 saturated carbocycles. The number of aliphatic hydroxyl groups excluding tert-OH is 1. The van der Waals surface area contributed by atoms with E-state index in [1.165, 1.54) is 11.3 Å². The van der Waals surface area contributed by atoms with Crippen LogP contribution < -0.4 is 10.6 Å². The molecule has 1 aromatic heterocycles. The number of carbonyl (C=O) groups is 1. The Morgan fingerprint density at radius 2 is 2.04 bits per heavy atom. The summed E-state index contributed by atoms with van der Waals surface area (Å²) in [4.78, 5) is 21.7. The predicted octanol–water partition coefficient (Wildman–Crippen LogP) is 1.54. The van der Waals surface area contributed by atoms with Crippen molar-refractivity contribution in [3.05, 3.63) is 21.3 Å². The van der Waals surface area contributed by atoms with E-state index < -0.39 is 6.10 Å². The Kier molecular flexibility index (Phi) is 8.82. The lowest BCUT2D eigenvalue weighted by Crippen LogP contribution is -2.54. The number of halogens is 1. The highest BCUT2D eigenvalue weighted by molar-refractivity contribution is 7.16. The first-order chi connectivity index (χ1) is 12.9. The Hall–Kier alpha value is -1.35. The lowest BCUT2D eigenvalue weighted by molar-refractivity contribution is -0.123. The summed E-state index contributed by atoms with van der Waals surface area (Å²) in [5.41, 5.74) is 0. The summed E-state index contributed by atoms with van der Waals surface area (Å²) in [7, 11) is 0. The molecule has 0 aliphatic carbocycles. The van der Waals surface area contributed by atoms with Gasteiger partial charge >= 0.3 is 0 Å². The molecular weight excluding hydrogens is 386 g/mol. The number of thiophene rings is 1. The van der Waals surface area contributed by atoms with Crippen molar-refractivity contribution in [1.82, 2.24) is 20.4 Å². The van der Waals surface area contributed by atoms with E-state index in [9.17, 15) is 9.90 Å². The Bertz CT molecular complexity index is 629. The average molecular weight is 416 g/mol.